The maximum Gasteiger partial charge on any atom is 0.172 e. The molecule has 1 aliphatic carbocycles. The van der Waals surface area contributed by atoms with E-state index in [2.05, 4.69) is 17.0 Å². The first-order chi connectivity index (χ1) is 9.17. The Kier molecular flexibility index (Phi) is 4.24. The van der Waals surface area contributed by atoms with Gasteiger partial charge in [0.05, 0.1) is 0 Å². The second-order valence-corrected chi connectivity index (χ2v) is 4.92. The van der Waals surface area contributed by atoms with Crippen molar-refractivity contribution in [3.63, 3.8) is 0 Å². The van der Waals surface area contributed by atoms with Crippen LogP contribution in [0.4, 0.5) is 10.1 Å². The topological polar surface area (TPSA) is 61.8 Å². The van der Waals surface area contributed by atoms with Gasteiger partial charge in [0.1, 0.15) is 5.82 Å². The second-order valence-electron chi connectivity index (χ2n) is 4.92. The summed E-state index contributed by atoms with van der Waals surface area (Å²) in [5.41, 5.74) is 6.98. The Bertz CT molecular complexity index is 472. The van der Waals surface area contributed by atoms with Crippen molar-refractivity contribution in [2.24, 2.45) is 10.9 Å². The quantitative estimate of drug-likeness (QED) is 0.360. The van der Waals surface area contributed by atoms with Crippen molar-refractivity contribution in [2.45, 2.75) is 38.6 Å². The van der Waals surface area contributed by atoms with Crippen LogP contribution in [0.2, 0.25) is 0 Å². The standard InChI is InChI=1S/C14H20FN3O/c1-2-3-8-18(11-5-6-11)13-7-4-10(15)9-12(13)14(16)17-19/h4,7,9,11,19H,2-3,5-6,8H2,1H3,(H2,16,17). The van der Waals surface area contributed by atoms with Crippen molar-refractivity contribution in [2.75, 3.05) is 11.4 Å². The highest BCUT2D eigenvalue weighted by atomic mass is 19.1. The lowest BCUT2D eigenvalue weighted by molar-refractivity contribution is 0.318. The van der Waals surface area contributed by atoms with E-state index >= 15 is 0 Å². The number of halogens is 1. The summed E-state index contributed by atoms with van der Waals surface area (Å²) in [6.45, 7) is 3.05. The van der Waals surface area contributed by atoms with E-state index in [1.54, 1.807) is 6.07 Å². The van der Waals surface area contributed by atoms with Gasteiger partial charge < -0.3 is 15.8 Å². The molecule has 2 rings (SSSR count). The Morgan fingerprint density at radius 2 is 2.26 bits per heavy atom. The normalized spacial score (nSPS) is 15.6. The summed E-state index contributed by atoms with van der Waals surface area (Å²) in [4.78, 5) is 2.25. The molecule has 19 heavy (non-hydrogen) atoms. The number of nitrogens with two attached hydrogens (primary N) is 1. The van der Waals surface area contributed by atoms with Crippen LogP contribution in [0.25, 0.3) is 0 Å². The molecule has 5 heteroatoms. The summed E-state index contributed by atoms with van der Waals surface area (Å²) in [6.07, 6.45) is 4.47. The summed E-state index contributed by atoms with van der Waals surface area (Å²) >= 11 is 0. The molecule has 0 bridgehead atoms. The van der Waals surface area contributed by atoms with Gasteiger partial charge in [-0.3, -0.25) is 0 Å². The first-order valence-corrected chi connectivity index (χ1v) is 6.71. The lowest BCUT2D eigenvalue weighted by atomic mass is 10.1. The maximum absolute atomic E-state index is 13.4. The van der Waals surface area contributed by atoms with Crippen molar-refractivity contribution in [3.8, 4) is 0 Å². The fourth-order valence-corrected chi connectivity index (χ4v) is 2.23. The zero-order valence-corrected chi connectivity index (χ0v) is 11.1. The molecule has 0 saturated heterocycles. The highest BCUT2D eigenvalue weighted by molar-refractivity contribution is 6.02. The van der Waals surface area contributed by atoms with Crippen LogP contribution in [0.1, 0.15) is 38.2 Å². The maximum atomic E-state index is 13.4. The molecule has 1 aromatic carbocycles. The molecule has 3 N–H and O–H groups in total. The molecule has 0 aromatic heterocycles. The molecule has 0 unspecified atom stereocenters. The average Bonchev–Trinajstić information content (AvgIpc) is 3.24. The van der Waals surface area contributed by atoms with E-state index in [4.69, 9.17) is 10.9 Å². The summed E-state index contributed by atoms with van der Waals surface area (Å²) in [6, 6.07) is 4.97. The Morgan fingerprint density at radius 3 is 2.84 bits per heavy atom. The Morgan fingerprint density at radius 1 is 1.53 bits per heavy atom. The smallest absolute Gasteiger partial charge is 0.172 e. The van der Waals surface area contributed by atoms with E-state index in [1.807, 2.05) is 0 Å². The van der Waals surface area contributed by atoms with Gasteiger partial charge in [0.2, 0.25) is 0 Å². The van der Waals surface area contributed by atoms with Crippen LogP contribution in [-0.4, -0.2) is 23.6 Å². The van der Waals surface area contributed by atoms with Crippen LogP contribution in [0.15, 0.2) is 23.4 Å². The van der Waals surface area contributed by atoms with Crippen LogP contribution < -0.4 is 10.6 Å². The number of benzene rings is 1. The number of unbranched alkanes of at least 4 members (excludes halogenated alkanes) is 1. The molecule has 1 aliphatic rings. The van der Waals surface area contributed by atoms with Crippen molar-refractivity contribution in [3.05, 3.63) is 29.6 Å². The third-order valence-electron chi connectivity index (χ3n) is 3.39. The van der Waals surface area contributed by atoms with Gasteiger partial charge in [-0.2, -0.15) is 0 Å². The van der Waals surface area contributed by atoms with Crippen LogP contribution >= 0.6 is 0 Å². The van der Waals surface area contributed by atoms with Crippen molar-refractivity contribution in [1.29, 1.82) is 0 Å². The predicted octanol–water partition coefficient (Wildman–Crippen LogP) is 2.69. The minimum atomic E-state index is -0.378. The highest BCUT2D eigenvalue weighted by Crippen LogP contribution is 2.34. The minimum Gasteiger partial charge on any atom is -0.409 e. The zero-order chi connectivity index (χ0) is 13.8. The van der Waals surface area contributed by atoms with Gasteiger partial charge in [0, 0.05) is 23.8 Å². The number of nitrogens with zero attached hydrogens (tertiary/aromatic N) is 2. The number of anilines is 1. The average molecular weight is 265 g/mol. The first-order valence-electron chi connectivity index (χ1n) is 6.71. The van der Waals surface area contributed by atoms with Gasteiger partial charge >= 0.3 is 0 Å². The van der Waals surface area contributed by atoms with E-state index in [-0.39, 0.29) is 11.7 Å². The third-order valence-corrected chi connectivity index (χ3v) is 3.39. The highest BCUT2D eigenvalue weighted by Gasteiger charge is 2.30. The minimum absolute atomic E-state index is 0.0448. The van der Waals surface area contributed by atoms with E-state index in [1.165, 1.54) is 12.1 Å². The van der Waals surface area contributed by atoms with Crippen molar-refractivity contribution >= 4 is 11.5 Å². The summed E-state index contributed by atoms with van der Waals surface area (Å²) in [7, 11) is 0. The SMILES string of the molecule is CCCCN(c1ccc(F)cc1C(N)=NO)C1CC1. The lowest BCUT2D eigenvalue weighted by Gasteiger charge is -2.26. The van der Waals surface area contributed by atoms with Crippen molar-refractivity contribution < 1.29 is 9.60 Å². The molecule has 1 fully saturated rings. The predicted molar refractivity (Wildman–Crippen MR) is 74.2 cm³/mol. The van der Waals surface area contributed by atoms with Crippen LogP contribution in [0.3, 0.4) is 0 Å². The van der Waals surface area contributed by atoms with E-state index in [0.29, 0.717) is 11.6 Å². The van der Waals surface area contributed by atoms with Gasteiger partial charge in [-0.1, -0.05) is 18.5 Å². The second kappa shape index (κ2) is 5.91. The molecule has 0 atom stereocenters. The Balaban J connectivity index is 2.35. The molecule has 4 nitrogen and oxygen atoms in total. The number of rotatable bonds is 6. The van der Waals surface area contributed by atoms with E-state index in [9.17, 15) is 4.39 Å². The molecule has 0 aliphatic heterocycles. The number of amidine groups is 1. The molecular weight excluding hydrogens is 245 g/mol. The monoisotopic (exact) mass is 265 g/mol. The summed E-state index contributed by atoms with van der Waals surface area (Å²) < 4.78 is 13.4. The molecule has 1 aromatic rings. The summed E-state index contributed by atoms with van der Waals surface area (Å²) in [5.74, 6) is -0.423. The summed E-state index contributed by atoms with van der Waals surface area (Å²) in [5, 5.41) is 11.8. The van der Waals surface area contributed by atoms with Crippen molar-refractivity contribution in [1.82, 2.24) is 0 Å². The fraction of sp³-hybridized carbons (Fsp3) is 0.500. The first kappa shape index (κ1) is 13.6. The van der Waals surface area contributed by atoms with Gasteiger partial charge in [0.15, 0.2) is 5.84 Å². The molecule has 0 radical (unpaired) electrons. The van der Waals surface area contributed by atoms with Gasteiger partial charge in [-0.15, -0.1) is 0 Å². The zero-order valence-electron chi connectivity index (χ0n) is 11.1. The van der Waals surface area contributed by atoms with Gasteiger partial charge in [-0.05, 0) is 37.5 Å². The molecule has 1 saturated carbocycles. The fourth-order valence-electron chi connectivity index (χ4n) is 2.23. The Labute approximate surface area is 112 Å². The lowest BCUT2D eigenvalue weighted by Crippen LogP contribution is -2.30. The number of oxime groups is 1. The molecule has 104 valence electrons. The van der Waals surface area contributed by atoms with Gasteiger partial charge in [-0.25, -0.2) is 4.39 Å². The molecule has 0 amide bonds. The van der Waals surface area contributed by atoms with E-state index < -0.39 is 0 Å². The van der Waals surface area contributed by atoms with Crippen LogP contribution in [0.5, 0.6) is 0 Å². The van der Waals surface area contributed by atoms with E-state index in [0.717, 1.165) is 37.9 Å². The molecular formula is C14H20FN3O. The number of hydrogen-bond acceptors (Lipinski definition) is 3. The number of hydrogen-bond donors (Lipinski definition) is 2. The largest absolute Gasteiger partial charge is 0.409 e. The van der Waals surface area contributed by atoms with Crippen LogP contribution in [0, 0.1) is 5.82 Å². The Hall–Kier alpha value is -1.78. The molecule has 0 heterocycles. The van der Waals surface area contributed by atoms with Crippen LogP contribution in [-0.2, 0) is 0 Å². The third kappa shape index (κ3) is 3.16. The van der Waals surface area contributed by atoms with Gasteiger partial charge in [0.25, 0.3) is 0 Å². The molecule has 0 spiro atoms.